The summed E-state index contributed by atoms with van der Waals surface area (Å²) in [6.45, 7) is 5.54. The van der Waals surface area contributed by atoms with Crippen LogP contribution in [0.2, 0.25) is 0 Å². The van der Waals surface area contributed by atoms with E-state index in [-0.39, 0.29) is 24.2 Å². The zero-order valence-corrected chi connectivity index (χ0v) is 17.2. The van der Waals surface area contributed by atoms with Crippen molar-refractivity contribution in [2.24, 2.45) is 0 Å². The number of ether oxygens (including phenoxy) is 1. The summed E-state index contributed by atoms with van der Waals surface area (Å²) in [5.74, 6) is 0.0132. The Labute approximate surface area is 166 Å². The maximum Gasteiger partial charge on any atom is 0.263 e. The van der Waals surface area contributed by atoms with Gasteiger partial charge in [-0.05, 0) is 43.5 Å². The molecule has 1 amide bonds. The molecular formula is C21H26N2O4S. The van der Waals surface area contributed by atoms with E-state index in [0.717, 1.165) is 12.0 Å². The van der Waals surface area contributed by atoms with Crippen molar-refractivity contribution in [3.8, 4) is 5.75 Å². The number of benzene rings is 2. The van der Waals surface area contributed by atoms with Crippen LogP contribution in [0.15, 0.2) is 48.5 Å². The molecule has 0 bridgehead atoms. The first-order valence-electron chi connectivity index (χ1n) is 9.51. The molecule has 6 nitrogen and oxygen atoms in total. The highest BCUT2D eigenvalue weighted by Crippen LogP contribution is 2.35. The molecule has 3 rings (SSSR count). The molecule has 0 aromatic heterocycles. The topological polar surface area (TPSA) is 75.7 Å². The summed E-state index contributed by atoms with van der Waals surface area (Å²) in [6, 6.07) is 14.7. The third kappa shape index (κ3) is 4.14. The lowest BCUT2D eigenvalue weighted by Crippen LogP contribution is -2.51. The monoisotopic (exact) mass is 402 g/mol. The lowest BCUT2D eigenvalue weighted by atomic mass is 10.0. The van der Waals surface area contributed by atoms with Gasteiger partial charge in [-0.2, -0.15) is 0 Å². The van der Waals surface area contributed by atoms with E-state index >= 15 is 0 Å². The van der Waals surface area contributed by atoms with Gasteiger partial charge >= 0.3 is 0 Å². The standard InChI is InChI=1S/C21H26N2O4S/c1-4-16-10-12-17(13-11-16)15(3)22-21(24)20-14-23(28(25,26)5-2)18-8-6-7-9-19(18)27-20/h6-13,15,20H,4-5,14H2,1-3H3,(H,22,24). The van der Waals surface area contributed by atoms with Crippen LogP contribution in [0.5, 0.6) is 5.75 Å². The number of anilines is 1. The molecule has 2 aromatic carbocycles. The number of hydrogen-bond donors (Lipinski definition) is 1. The van der Waals surface area contributed by atoms with Crippen molar-refractivity contribution in [2.75, 3.05) is 16.6 Å². The summed E-state index contributed by atoms with van der Waals surface area (Å²) in [7, 11) is -3.52. The number of sulfonamides is 1. The van der Waals surface area contributed by atoms with Crippen molar-refractivity contribution in [3.05, 3.63) is 59.7 Å². The quantitative estimate of drug-likeness (QED) is 0.806. The van der Waals surface area contributed by atoms with Crippen LogP contribution < -0.4 is 14.4 Å². The Balaban J connectivity index is 1.78. The molecule has 28 heavy (non-hydrogen) atoms. The van der Waals surface area contributed by atoms with Crippen molar-refractivity contribution in [1.82, 2.24) is 5.32 Å². The first-order valence-corrected chi connectivity index (χ1v) is 11.1. The zero-order valence-electron chi connectivity index (χ0n) is 16.4. The lowest BCUT2D eigenvalue weighted by molar-refractivity contribution is -0.128. The Bertz CT molecular complexity index is 941. The third-order valence-corrected chi connectivity index (χ3v) is 6.72. The fourth-order valence-corrected chi connectivity index (χ4v) is 4.31. The fourth-order valence-electron chi connectivity index (χ4n) is 3.19. The Morgan fingerprint density at radius 2 is 1.86 bits per heavy atom. The molecule has 0 radical (unpaired) electrons. The first kappa shape index (κ1) is 20.2. The predicted octanol–water partition coefficient (Wildman–Crippen LogP) is 3.04. The van der Waals surface area contributed by atoms with Gasteiger partial charge in [0.15, 0.2) is 6.10 Å². The van der Waals surface area contributed by atoms with Gasteiger partial charge in [-0.25, -0.2) is 8.42 Å². The molecule has 0 saturated heterocycles. The van der Waals surface area contributed by atoms with Crippen molar-refractivity contribution in [3.63, 3.8) is 0 Å². The highest BCUT2D eigenvalue weighted by molar-refractivity contribution is 7.92. The van der Waals surface area contributed by atoms with Crippen LogP contribution >= 0.6 is 0 Å². The van der Waals surface area contributed by atoms with Gasteiger partial charge in [0.1, 0.15) is 5.75 Å². The molecule has 1 aliphatic rings. The Morgan fingerprint density at radius 1 is 1.18 bits per heavy atom. The first-order chi connectivity index (χ1) is 13.4. The van der Waals surface area contributed by atoms with Gasteiger partial charge in [0.05, 0.1) is 24.0 Å². The molecule has 1 heterocycles. The van der Waals surface area contributed by atoms with Gasteiger partial charge in [0, 0.05) is 0 Å². The van der Waals surface area contributed by atoms with Crippen molar-refractivity contribution >= 4 is 21.6 Å². The number of aryl methyl sites for hydroxylation is 1. The predicted molar refractivity (Wildman–Crippen MR) is 110 cm³/mol. The molecule has 0 aliphatic carbocycles. The summed E-state index contributed by atoms with van der Waals surface area (Å²) in [6.07, 6.45) is 0.0477. The van der Waals surface area contributed by atoms with Gasteiger partial charge in [-0.15, -0.1) is 0 Å². The molecule has 0 saturated carbocycles. The summed E-state index contributed by atoms with van der Waals surface area (Å²) >= 11 is 0. The van der Waals surface area contributed by atoms with Gasteiger partial charge in [0.2, 0.25) is 10.0 Å². The maximum atomic E-state index is 12.8. The van der Waals surface area contributed by atoms with E-state index < -0.39 is 16.1 Å². The van der Waals surface area contributed by atoms with E-state index in [9.17, 15) is 13.2 Å². The van der Waals surface area contributed by atoms with Crippen LogP contribution in [0, 0.1) is 0 Å². The Morgan fingerprint density at radius 3 is 2.50 bits per heavy atom. The van der Waals surface area contributed by atoms with Crippen LogP contribution in [0.3, 0.4) is 0 Å². The van der Waals surface area contributed by atoms with E-state index in [1.54, 1.807) is 31.2 Å². The van der Waals surface area contributed by atoms with Gasteiger partial charge in [-0.3, -0.25) is 9.10 Å². The van der Waals surface area contributed by atoms with Crippen molar-refractivity contribution in [2.45, 2.75) is 39.3 Å². The summed E-state index contributed by atoms with van der Waals surface area (Å²) in [5, 5.41) is 2.94. The minimum atomic E-state index is -3.52. The minimum absolute atomic E-state index is 0.0412. The number of rotatable bonds is 6. The number of hydrogen-bond acceptors (Lipinski definition) is 4. The van der Waals surface area contributed by atoms with Gasteiger partial charge < -0.3 is 10.1 Å². The van der Waals surface area contributed by atoms with Crippen molar-refractivity contribution in [1.29, 1.82) is 0 Å². The van der Waals surface area contributed by atoms with E-state index in [1.165, 1.54) is 9.87 Å². The molecular weight excluding hydrogens is 376 g/mol. The SMILES string of the molecule is CCc1ccc(C(C)NC(=O)C2CN(S(=O)(=O)CC)c3ccccc3O2)cc1. The Kier molecular flexibility index (Phi) is 5.93. The smallest absolute Gasteiger partial charge is 0.263 e. The number of amides is 1. The van der Waals surface area contributed by atoms with Crippen molar-refractivity contribution < 1.29 is 17.9 Å². The number of carbonyl (C=O) groups is 1. The molecule has 2 atom stereocenters. The maximum absolute atomic E-state index is 12.8. The number of para-hydroxylation sites is 2. The van der Waals surface area contributed by atoms with Crippen LogP contribution in [0.4, 0.5) is 5.69 Å². The number of fused-ring (bicyclic) bond motifs is 1. The van der Waals surface area contributed by atoms with E-state index in [0.29, 0.717) is 11.4 Å². The molecule has 2 unspecified atom stereocenters. The van der Waals surface area contributed by atoms with Crippen LogP contribution in [-0.2, 0) is 21.2 Å². The summed E-state index contributed by atoms with van der Waals surface area (Å²) in [4.78, 5) is 12.8. The second kappa shape index (κ2) is 8.22. The lowest BCUT2D eigenvalue weighted by Gasteiger charge is -2.35. The van der Waals surface area contributed by atoms with E-state index in [2.05, 4.69) is 12.2 Å². The van der Waals surface area contributed by atoms with E-state index in [1.807, 2.05) is 31.2 Å². The van der Waals surface area contributed by atoms with E-state index in [4.69, 9.17) is 4.74 Å². The second-order valence-electron chi connectivity index (χ2n) is 6.83. The molecule has 7 heteroatoms. The largest absolute Gasteiger partial charge is 0.476 e. The molecule has 0 spiro atoms. The number of nitrogens with one attached hydrogen (secondary N) is 1. The molecule has 150 valence electrons. The highest BCUT2D eigenvalue weighted by atomic mass is 32.2. The highest BCUT2D eigenvalue weighted by Gasteiger charge is 2.36. The average molecular weight is 403 g/mol. The summed E-state index contributed by atoms with van der Waals surface area (Å²) in [5.41, 5.74) is 2.69. The fraction of sp³-hybridized carbons (Fsp3) is 0.381. The second-order valence-corrected chi connectivity index (χ2v) is 9.01. The van der Waals surface area contributed by atoms with Crippen LogP contribution in [0.25, 0.3) is 0 Å². The molecule has 0 fully saturated rings. The Hall–Kier alpha value is -2.54. The van der Waals surface area contributed by atoms with Crippen LogP contribution in [0.1, 0.15) is 37.9 Å². The normalized spacial score (nSPS) is 17.4. The molecule has 1 N–H and O–H groups in total. The molecule has 1 aliphatic heterocycles. The van der Waals surface area contributed by atoms with Gasteiger partial charge in [-0.1, -0.05) is 43.3 Å². The zero-order chi connectivity index (χ0) is 20.3. The molecule has 2 aromatic rings. The summed E-state index contributed by atoms with van der Waals surface area (Å²) < 4.78 is 32.1. The average Bonchev–Trinajstić information content (AvgIpc) is 2.72. The third-order valence-electron chi connectivity index (χ3n) is 4.97. The van der Waals surface area contributed by atoms with Gasteiger partial charge in [0.25, 0.3) is 5.91 Å². The number of nitrogens with zero attached hydrogens (tertiary/aromatic N) is 1. The number of carbonyl (C=O) groups excluding carboxylic acids is 1. The minimum Gasteiger partial charge on any atom is -0.476 e. The van der Waals surface area contributed by atoms with Crippen LogP contribution in [-0.4, -0.2) is 32.7 Å².